The molecule has 0 saturated carbocycles. The third-order valence-electron chi connectivity index (χ3n) is 6.67. The molecule has 2 aliphatic rings. The van der Waals surface area contributed by atoms with E-state index in [1.54, 1.807) is 31.4 Å². The Kier molecular flexibility index (Phi) is 7.61. The number of hydrogen-bond acceptors (Lipinski definition) is 9. The summed E-state index contributed by atoms with van der Waals surface area (Å²) in [5.74, 6) is 1.03. The van der Waals surface area contributed by atoms with Gasteiger partial charge in [0.05, 0.1) is 9.35 Å². The van der Waals surface area contributed by atoms with Crippen molar-refractivity contribution in [1.29, 1.82) is 0 Å². The zero-order chi connectivity index (χ0) is 26.0. The zero-order valence-electron chi connectivity index (χ0n) is 20.8. The van der Waals surface area contributed by atoms with Gasteiger partial charge < -0.3 is 20.3 Å². The lowest BCUT2D eigenvalue weighted by atomic mass is 10.0. The molecule has 196 valence electrons. The number of hydrogen-bond donors (Lipinski definition) is 3. The summed E-state index contributed by atoms with van der Waals surface area (Å²) in [5.41, 5.74) is -0.0934. The van der Waals surface area contributed by atoms with E-state index in [9.17, 15) is 9.59 Å². The minimum absolute atomic E-state index is 0.294. The number of nitrogens with zero attached hydrogens (tertiary/aromatic N) is 4. The third-order valence-corrected chi connectivity index (χ3v) is 8.37. The maximum absolute atomic E-state index is 12.1. The molecule has 1 aromatic carbocycles. The maximum Gasteiger partial charge on any atom is 0.325 e. The molecular formula is C25H30BrN7O3S. The summed E-state index contributed by atoms with van der Waals surface area (Å²) in [7, 11) is 0. The number of carbonyl (C=O) groups excluding carboxylic acids is 2. The van der Waals surface area contributed by atoms with Gasteiger partial charge in [0.2, 0.25) is 5.95 Å². The number of benzene rings is 1. The van der Waals surface area contributed by atoms with Gasteiger partial charge in [0.1, 0.15) is 23.6 Å². The number of imide groups is 1. The van der Waals surface area contributed by atoms with Crippen LogP contribution < -0.4 is 20.7 Å². The van der Waals surface area contributed by atoms with Gasteiger partial charge in [-0.25, -0.2) is 14.8 Å². The van der Waals surface area contributed by atoms with E-state index >= 15 is 0 Å². The molecule has 5 rings (SSSR count). The lowest BCUT2D eigenvalue weighted by Crippen LogP contribution is -2.46. The quantitative estimate of drug-likeness (QED) is 0.327. The number of fused-ring (bicyclic) bond motifs is 1. The Morgan fingerprint density at radius 1 is 1.19 bits per heavy atom. The molecule has 0 radical (unpaired) electrons. The van der Waals surface area contributed by atoms with Crippen molar-refractivity contribution in [1.82, 2.24) is 30.4 Å². The molecule has 0 spiro atoms. The van der Waals surface area contributed by atoms with E-state index in [0.717, 1.165) is 63.6 Å². The first-order valence-electron chi connectivity index (χ1n) is 12.3. The Morgan fingerprint density at radius 3 is 2.76 bits per heavy atom. The summed E-state index contributed by atoms with van der Waals surface area (Å²) < 4.78 is 7.98. The van der Waals surface area contributed by atoms with Crippen LogP contribution in [0.3, 0.4) is 0 Å². The molecule has 3 N–H and O–H groups in total. The number of urea groups is 1. The van der Waals surface area contributed by atoms with E-state index in [1.165, 1.54) is 4.90 Å². The first kappa shape index (κ1) is 25.8. The summed E-state index contributed by atoms with van der Waals surface area (Å²) in [6.45, 7) is 10.00. The Balaban J connectivity index is 1.23. The van der Waals surface area contributed by atoms with Crippen LogP contribution in [0.2, 0.25) is 0 Å². The highest BCUT2D eigenvalue weighted by molar-refractivity contribution is 9.10. The molecule has 2 fully saturated rings. The van der Waals surface area contributed by atoms with Gasteiger partial charge in [0.15, 0.2) is 0 Å². The molecule has 4 heterocycles. The number of nitrogens with one attached hydrogen (secondary N) is 3. The average Bonchev–Trinajstić information content (AvgIpc) is 3.38. The number of rotatable bonds is 9. The molecule has 10 nitrogen and oxygen atoms in total. The van der Waals surface area contributed by atoms with Crippen molar-refractivity contribution in [3.63, 3.8) is 0 Å². The van der Waals surface area contributed by atoms with E-state index in [1.807, 2.05) is 6.07 Å². The van der Waals surface area contributed by atoms with E-state index in [2.05, 4.69) is 60.0 Å². The number of anilines is 1. The highest BCUT2D eigenvalue weighted by Crippen LogP contribution is 2.37. The summed E-state index contributed by atoms with van der Waals surface area (Å²) in [6, 6.07) is 7.91. The van der Waals surface area contributed by atoms with Gasteiger partial charge in [-0.05, 0) is 59.4 Å². The number of thiophene rings is 1. The smallest absolute Gasteiger partial charge is 0.325 e. The van der Waals surface area contributed by atoms with E-state index in [0.29, 0.717) is 25.6 Å². The molecule has 0 atom stereocenters. The van der Waals surface area contributed by atoms with Gasteiger partial charge in [-0.1, -0.05) is 0 Å². The third kappa shape index (κ3) is 5.71. The molecule has 0 aliphatic carbocycles. The average molecular weight is 589 g/mol. The Hall–Kier alpha value is -2.80. The Labute approximate surface area is 227 Å². The normalized spacial score (nSPS) is 17.9. The molecule has 3 amide bonds. The van der Waals surface area contributed by atoms with E-state index in [-0.39, 0.29) is 11.9 Å². The maximum atomic E-state index is 12.1. The van der Waals surface area contributed by atoms with E-state index < -0.39 is 5.54 Å². The fourth-order valence-electron chi connectivity index (χ4n) is 4.43. The standard InChI is InChI=1S/C25H30BrN7O3S/c1-25(2)22(34)31-24(35)33(25)10-7-28-23-29-15-18(26)21(30-23)20-14-16-13-17(3-4-19(16)37-20)36-12-11-32-8-5-27-6-9-32/h3-4,13-15,27H,5-12H2,1-2H3,(H,28,29,30)(H,31,34,35). The SMILES string of the molecule is CC1(C)C(=O)NC(=O)N1CCNc1ncc(Br)c(-c2cc3cc(OCCN4CCNCC4)ccc3s2)n1. The van der Waals surface area contributed by atoms with Crippen LogP contribution in [0.4, 0.5) is 10.7 Å². The number of amides is 3. The van der Waals surface area contributed by atoms with Crippen molar-refractivity contribution in [3.8, 4) is 16.3 Å². The van der Waals surface area contributed by atoms with Crippen molar-refractivity contribution < 1.29 is 14.3 Å². The van der Waals surface area contributed by atoms with Gasteiger partial charge in [0, 0.05) is 56.7 Å². The number of halogens is 1. The number of ether oxygens (including phenoxy) is 1. The Morgan fingerprint density at radius 2 is 2.00 bits per heavy atom. The van der Waals surface area contributed by atoms with Crippen LogP contribution >= 0.6 is 27.3 Å². The van der Waals surface area contributed by atoms with Gasteiger partial charge in [-0.2, -0.15) is 0 Å². The second kappa shape index (κ2) is 10.9. The lowest BCUT2D eigenvalue weighted by molar-refractivity contribution is -0.125. The molecule has 2 aromatic heterocycles. The van der Waals surface area contributed by atoms with Gasteiger partial charge in [0.25, 0.3) is 5.91 Å². The fourth-order valence-corrected chi connectivity index (χ4v) is 6.02. The minimum atomic E-state index is -0.880. The van der Waals surface area contributed by atoms with Gasteiger partial charge in [-0.15, -0.1) is 11.3 Å². The molecule has 0 unspecified atom stereocenters. The second-order valence-corrected chi connectivity index (χ2v) is 11.5. The van der Waals surface area contributed by atoms with Crippen LogP contribution in [0.1, 0.15) is 13.8 Å². The molecular weight excluding hydrogens is 558 g/mol. The van der Waals surface area contributed by atoms with E-state index in [4.69, 9.17) is 9.72 Å². The first-order chi connectivity index (χ1) is 17.8. The predicted octanol–water partition coefficient (Wildman–Crippen LogP) is 3.15. The molecule has 2 aliphatic heterocycles. The first-order valence-corrected chi connectivity index (χ1v) is 13.9. The van der Waals surface area contributed by atoms with Crippen LogP contribution in [-0.2, 0) is 4.79 Å². The van der Waals surface area contributed by atoms with Crippen molar-refractivity contribution in [2.45, 2.75) is 19.4 Å². The zero-order valence-corrected chi connectivity index (χ0v) is 23.2. The van der Waals surface area contributed by atoms with Crippen LogP contribution in [0, 0.1) is 0 Å². The number of piperazine rings is 1. The summed E-state index contributed by atoms with van der Waals surface area (Å²) in [6.07, 6.45) is 1.72. The molecule has 2 saturated heterocycles. The second-order valence-electron chi connectivity index (χ2n) is 9.54. The highest BCUT2D eigenvalue weighted by Gasteiger charge is 2.45. The molecule has 37 heavy (non-hydrogen) atoms. The fraction of sp³-hybridized carbons (Fsp3) is 0.440. The van der Waals surface area contributed by atoms with Crippen LogP contribution in [0.5, 0.6) is 5.75 Å². The molecule has 3 aromatic rings. The topological polar surface area (TPSA) is 112 Å². The summed E-state index contributed by atoms with van der Waals surface area (Å²) in [5, 5.41) is 10.0. The van der Waals surface area contributed by atoms with Crippen molar-refractivity contribution in [3.05, 3.63) is 34.9 Å². The number of carbonyl (C=O) groups is 2. The van der Waals surface area contributed by atoms with Crippen molar-refractivity contribution >= 4 is 55.2 Å². The number of aromatic nitrogens is 2. The van der Waals surface area contributed by atoms with Crippen LogP contribution in [-0.4, -0.2) is 89.7 Å². The molecule has 12 heteroatoms. The predicted molar refractivity (Wildman–Crippen MR) is 148 cm³/mol. The monoisotopic (exact) mass is 587 g/mol. The lowest BCUT2D eigenvalue weighted by Gasteiger charge is -2.27. The minimum Gasteiger partial charge on any atom is -0.492 e. The molecule has 0 bridgehead atoms. The Bertz CT molecular complexity index is 1310. The van der Waals surface area contributed by atoms with Crippen molar-refractivity contribution in [2.24, 2.45) is 0 Å². The van der Waals surface area contributed by atoms with Crippen LogP contribution in [0.25, 0.3) is 20.7 Å². The largest absolute Gasteiger partial charge is 0.492 e. The van der Waals surface area contributed by atoms with Crippen molar-refractivity contribution in [2.75, 3.05) is 57.7 Å². The van der Waals surface area contributed by atoms with Crippen LogP contribution in [0.15, 0.2) is 34.9 Å². The summed E-state index contributed by atoms with van der Waals surface area (Å²) >= 11 is 5.24. The summed E-state index contributed by atoms with van der Waals surface area (Å²) in [4.78, 5) is 38.1. The van der Waals surface area contributed by atoms with Gasteiger partial charge >= 0.3 is 6.03 Å². The van der Waals surface area contributed by atoms with Gasteiger partial charge in [-0.3, -0.25) is 15.0 Å². The highest BCUT2D eigenvalue weighted by atomic mass is 79.9.